The molecule has 0 saturated carbocycles. The van der Waals surface area contributed by atoms with E-state index in [-0.39, 0.29) is 19.4 Å². The second-order valence-electron chi connectivity index (χ2n) is 6.17. The molecule has 0 aliphatic heterocycles. The number of oxazole rings is 1. The highest BCUT2D eigenvalue weighted by Gasteiger charge is 2.13. The molecule has 2 aromatic carbocycles. The fraction of sp³-hybridized carbons (Fsp3) is 0.190. The molecular formula is C21H19ClN2O4. The van der Waals surface area contributed by atoms with Crippen molar-refractivity contribution in [3.63, 3.8) is 0 Å². The van der Waals surface area contributed by atoms with Crippen molar-refractivity contribution >= 4 is 29.2 Å². The molecule has 1 amide bonds. The van der Waals surface area contributed by atoms with Crippen molar-refractivity contribution in [1.29, 1.82) is 0 Å². The van der Waals surface area contributed by atoms with Gasteiger partial charge in [0, 0.05) is 17.7 Å². The lowest BCUT2D eigenvalue weighted by Gasteiger charge is -2.06. The van der Waals surface area contributed by atoms with Crippen molar-refractivity contribution in [2.24, 2.45) is 0 Å². The van der Waals surface area contributed by atoms with Gasteiger partial charge in [-0.05, 0) is 31.2 Å². The zero-order valence-corrected chi connectivity index (χ0v) is 16.0. The summed E-state index contributed by atoms with van der Waals surface area (Å²) in [5.74, 6) is 0.0355. The first-order valence-electron chi connectivity index (χ1n) is 8.73. The lowest BCUT2D eigenvalue weighted by Crippen LogP contribution is -2.21. The van der Waals surface area contributed by atoms with Gasteiger partial charge in [0.25, 0.3) is 5.91 Å². The monoisotopic (exact) mass is 398 g/mol. The second-order valence-corrected chi connectivity index (χ2v) is 6.58. The van der Waals surface area contributed by atoms with Crippen LogP contribution in [-0.2, 0) is 20.7 Å². The third kappa shape index (κ3) is 5.44. The molecular weight excluding hydrogens is 380 g/mol. The van der Waals surface area contributed by atoms with Crippen LogP contribution in [0.25, 0.3) is 11.3 Å². The van der Waals surface area contributed by atoms with E-state index in [0.717, 1.165) is 11.1 Å². The lowest BCUT2D eigenvalue weighted by atomic mass is 10.2. The van der Waals surface area contributed by atoms with E-state index >= 15 is 0 Å². The topological polar surface area (TPSA) is 81.4 Å². The number of benzene rings is 2. The Hall–Kier alpha value is -3.12. The predicted molar refractivity (Wildman–Crippen MR) is 106 cm³/mol. The molecule has 1 N–H and O–H groups in total. The average molecular weight is 399 g/mol. The van der Waals surface area contributed by atoms with Crippen molar-refractivity contribution in [2.45, 2.75) is 19.8 Å². The molecule has 0 aliphatic rings. The van der Waals surface area contributed by atoms with E-state index in [2.05, 4.69) is 10.3 Å². The van der Waals surface area contributed by atoms with Crippen molar-refractivity contribution in [3.05, 3.63) is 71.2 Å². The number of hydrogen-bond donors (Lipinski definition) is 1. The third-order valence-electron chi connectivity index (χ3n) is 3.94. The standard InChI is InChI=1S/C21H19ClN2O4/c1-14-6-8-15(9-7-14)24-19(25)13-27-21(26)11-10-20-23-12-18(28-20)16-4-2-3-5-17(16)22/h2-9,12H,10-11,13H2,1H3,(H,24,25). The Morgan fingerprint density at radius 3 is 2.64 bits per heavy atom. The minimum Gasteiger partial charge on any atom is -0.456 e. The number of carbonyl (C=O) groups is 2. The normalized spacial score (nSPS) is 10.5. The largest absolute Gasteiger partial charge is 0.456 e. The number of aryl methyl sites for hydroxylation is 2. The summed E-state index contributed by atoms with van der Waals surface area (Å²) in [6.45, 7) is 1.61. The summed E-state index contributed by atoms with van der Waals surface area (Å²) in [5, 5.41) is 3.22. The molecule has 3 rings (SSSR count). The summed E-state index contributed by atoms with van der Waals surface area (Å²) in [6, 6.07) is 14.6. The molecule has 0 unspecified atom stereocenters. The molecule has 0 saturated heterocycles. The van der Waals surface area contributed by atoms with E-state index in [1.54, 1.807) is 24.4 Å². The van der Waals surface area contributed by atoms with Crippen LogP contribution >= 0.6 is 11.6 Å². The quantitative estimate of drug-likeness (QED) is 0.596. The zero-order chi connectivity index (χ0) is 19.9. The Bertz CT molecular complexity index is 967. The van der Waals surface area contributed by atoms with E-state index in [4.69, 9.17) is 20.8 Å². The summed E-state index contributed by atoms with van der Waals surface area (Å²) in [7, 11) is 0. The predicted octanol–water partition coefficient (Wildman–Crippen LogP) is 4.42. The molecule has 6 nitrogen and oxygen atoms in total. The van der Waals surface area contributed by atoms with Crippen LogP contribution in [0.3, 0.4) is 0 Å². The van der Waals surface area contributed by atoms with Crippen molar-refractivity contribution < 1.29 is 18.7 Å². The number of esters is 1. The average Bonchev–Trinajstić information content (AvgIpc) is 3.16. The Morgan fingerprint density at radius 1 is 1.14 bits per heavy atom. The minimum absolute atomic E-state index is 0.0558. The van der Waals surface area contributed by atoms with E-state index in [1.165, 1.54) is 0 Å². The van der Waals surface area contributed by atoms with Gasteiger partial charge in [0.1, 0.15) is 0 Å². The SMILES string of the molecule is Cc1ccc(NC(=O)COC(=O)CCc2ncc(-c3ccccc3Cl)o2)cc1. The van der Waals surface area contributed by atoms with Gasteiger partial charge in [-0.25, -0.2) is 4.98 Å². The van der Waals surface area contributed by atoms with E-state index in [9.17, 15) is 9.59 Å². The van der Waals surface area contributed by atoms with E-state index in [1.807, 2.05) is 37.3 Å². The van der Waals surface area contributed by atoms with Gasteiger partial charge in [-0.1, -0.05) is 41.4 Å². The summed E-state index contributed by atoms with van der Waals surface area (Å²) in [5.41, 5.74) is 2.48. The van der Waals surface area contributed by atoms with Crippen LogP contribution in [0.15, 0.2) is 59.1 Å². The Kier molecular flexibility index (Phi) is 6.45. The molecule has 0 atom stereocenters. The molecule has 28 heavy (non-hydrogen) atoms. The van der Waals surface area contributed by atoms with Crippen LogP contribution in [0, 0.1) is 6.92 Å². The van der Waals surface area contributed by atoms with Crippen molar-refractivity contribution in [2.75, 3.05) is 11.9 Å². The number of aromatic nitrogens is 1. The van der Waals surface area contributed by atoms with Crippen molar-refractivity contribution in [1.82, 2.24) is 4.98 Å². The molecule has 1 aromatic heterocycles. The third-order valence-corrected chi connectivity index (χ3v) is 4.27. The fourth-order valence-corrected chi connectivity index (χ4v) is 2.70. The number of nitrogens with one attached hydrogen (secondary N) is 1. The number of carbonyl (C=O) groups excluding carboxylic acids is 2. The Labute approximate surface area is 167 Å². The van der Waals surface area contributed by atoms with Gasteiger partial charge < -0.3 is 14.5 Å². The number of amides is 1. The van der Waals surface area contributed by atoms with Gasteiger partial charge in [-0.15, -0.1) is 0 Å². The summed E-state index contributed by atoms with van der Waals surface area (Å²) in [6.07, 6.45) is 1.89. The lowest BCUT2D eigenvalue weighted by molar-refractivity contribution is -0.147. The van der Waals surface area contributed by atoms with Gasteiger partial charge in [-0.2, -0.15) is 0 Å². The number of hydrogen-bond acceptors (Lipinski definition) is 5. The maximum atomic E-state index is 11.9. The van der Waals surface area contributed by atoms with Crippen molar-refractivity contribution in [3.8, 4) is 11.3 Å². The number of anilines is 1. The Balaban J connectivity index is 1.44. The second kappa shape index (κ2) is 9.19. The number of rotatable bonds is 7. The maximum Gasteiger partial charge on any atom is 0.306 e. The van der Waals surface area contributed by atoms with Gasteiger partial charge >= 0.3 is 5.97 Å². The molecule has 7 heteroatoms. The zero-order valence-electron chi connectivity index (χ0n) is 15.3. The van der Waals surface area contributed by atoms with E-state index < -0.39 is 11.9 Å². The molecule has 3 aromatic rings. The number of nitrogens with zero attached hydrogens (tertiary/aromatic N) is 1. The van der Waals surface area contributed by atoms with Gasteiger partial charge in [0.15, 0.2) is 18.3 Å². The first-order valence-corrected chi connectivity index (χ1v) is 9.11. The van der Waals surface area contributed by atoms with Crippen LogP contribution in [0.4, 0.5) is 5.69 Å². The van der Waals surface area contributed by atoms with Crippen LogP contribution < -0.4 is 5.32 Å². The molecule has 0 radical (unpaired) electrons. The molecule has 144 valence electrons. The number of halogens is 1. The summed E-state index contributed by atoms with van der Waals surface area (Å²) >= 11 is 6.13. The van der Waals surface area contributed by atoms with Gasteiger partial charge in [-0.3, -0.25) is 9.59 Å². The molecule has 0 spiro atoms. The molecule has 1 heterocycles. The van der Waals surface area contributed by atoms with Crippen LogP contribution in [0.2, 0.25) is 5.02 Å². The Morgan fingerprint density at radius 2 is 1.89 bits per heavy atom. The smallest absolute Gasteiger partial charge is 0.306 e. The van der Waals surface area contributed by atoms with E-state index in [0.29, 0.717) is 22.4 Å². The van der Waals surface area contributed by atoms with Gasteiger partial charge in [0.05, 0.1) is 17.6 Å². The first kappa shape index (κ1) is 19.6. The maximum absolute atomic E-state index is 11.9. The first-order chi connectivity index (χ1) is 13.5. The van der Waals surface area contributed by atoms with Gasteiger partial charge in [0.2, 0.25) is 0 Å². The van der Waals surface area contributed by atoms with Crippen LogP contribution in [0.5, 0.6) is 0 Å². The van der Waals surface area contributed by atoms with Crippen LogP contribution in [-0.4, -0.2) is 23.5 Å². The van der Waals surface area contributed by atoms with Crippen LogP contribution in [0.1, 0.15) is 17.9 Å². The summed E-state index contributed by atoms with van der Waals surface area (Å²) < 4.78 is 10.6. The fourth-order valence-electron chi connectivity index (χ4n) is 2.47. The highest BCUT2D eigenvalue weighted by atomic mass is 35.5. The highest BCUT2D eigenvalue weighted by Crippen LogP contribution is 2.28. The summed E-state index contributed by atoms with van der Waals surface area (Å²) in [4.78, 5) is 27.8. The molecule has 0 aliphatic carbocycles. The number of ether oxygens (including phenoxy) is 1. The highest BCUT2D eigenvalue weighted by molar-refractivity contribution is 6.33. The minimum atomic E-state index is -0.503. The molecule has 0 fully saturated rings. The molecule has 0 bridgehead atoms.